The summed E-state index contributed by atoms with van der Waals surface area (Å²) in [6, 6.07) is 5.61. The molecule has 0 aliphatic heterocycles. The second kappa shape index (κ2) is 4.43. The van der Waals surface area contributed by atoms with E-state index in [9.17, 15) is 0 Å². The van der Waals surface area contributed by atoms with E-state index < -0.39 is 0 Å². The van der Waals surface area contributed by atoms with Crippen LogP contribution in [0.2, 0.25) is 0 Å². The van der Waals surface area contributed by atoms with Crippen molar-refractivity contribution in [2.24, 2.45) is 0 Å². The number of rotatable bonds is 4. The predicted molar refractivity (Wildman–Crippen MR) is 53.5 cm³/mol. The van der Waals surface area contributed by atoms with Crippen molar-refractivity contribution in [1.29, 1.82) is 0 Å². The first kappa shape index (κ1) is 9.48. The smallest absolute Gasteiger partial charge is 0.169 e. The molecule has 0 fully saturated rings. The molecule has 2 aromatic heterocycles. The Bertz CT molecular complexity index is 383. The molecule has 0 saturated carbocycles. The molecule has 0 atom stereocenters. The summed E-state index contributed by atoms with van der Waals surface area (Å²) in [6.45, 7) is 1.35. The van der Waals surface area contributed by atoms with Crippen LogP contribution in [-0.4, -0.2) is 5.16 Å². The van der Waals surface area contributed by atoms with Crippen LogP contribution in [0, 0.1) is 0 Å². The van der Waals surface area contributed by atoms with Gasteiger partial charge in [0.2, 0.25) is 0 Å². The van der Waals surface area contributed by atoms with Gasteiger partial charge < -0.3 is 14.3 Å². The first-order valence-corrected chi connectivity index (χ1v) is 4.98. The number of nitrogens with zero attached hydrogens (tertiary/aromatic N) is 1. The predicted octanol–water partition coefficient (Wildman–Crippen LogP) is 2.32. The van der Waals surface area contributed by atoms with Crippen molar-refractivity contribution in [3.63, 3.8) is 0 Å². The molecule has 2 rings (SSSR count). The van der Waals surface area contributed by atoms with Crippen LogP contribution in [0.4, 0.5) is 0 Å². The van der Waals surface area contributed by atoms with E-state index in [4.69, 9.17) is 8.94 Å². The molecule has 0 saturated heterocycles. The third kappa shape index (κ3) is 2.46. The summed E-state index contributed by atoms with van der Waals surface area (Å²) >= 11 is 3.24. The number of hydrogen-bond acceptors (Lipinski definition) is 4. The summed E-state index contributed by atoms with van der Waals surface area (Å²) < 4.78 is 10.8. The van der Waals surface area contributed by atoms with Crippen LogP contribution in [0.15, 0.2) is 38.1 Å². The molecule has 0 radical (unpaired) electrons. The molecular weight excluding hydrogens is 248 g/mol. The van der Waals surface area contributed by atoms with Crippen molar-refractivity contribution in [2.75, 3.05) is 0 Å². The van der Waals surface area contributed by atoms with Gasteiger partial charge in [-0.2, -0.15) is 0 Å². The molecule has 5 heteroatoms. The maximum absolute atomic E-state index is 5.31. The summed E-state index contributed by atoms with van der Waals surface area (Å²) in [6.07, 6.45) is 1.56. The molecule has 2 heterocycles. The van der Waals surface area contributed by atoms with Gasteiger partial charge in [-0.15, -0.1) is 0 Å². The first-order chi connectivity index (χ1) is 6.84. The molecule has 4 nitrogen and oxygen atoms in total. The maximum Gasteiger partial charge on any atom is 0.169 e. The second-order valence-corrected chi connectivity index (χ2v) is 3.58. The van der Waals surface area contributed by atoms with E-state index in [0.717, 1.165) is 16.1 Å². The summed E-state index contributed by atoms with van der Waals surface area (Å²) in [5.74, 6) is 0.889. The molecule has 0 amide bonds. The zero-order chi connectivity index (χ0) is 9.80. The largest absolute Gasteiger partial charge is 0.453 e. The minimum Gasteiger partial charge on any atom is -0.453 e. The molecule has 0 aromatic carbocycles. The lowest BCUT2D eigenvalue weighted by Crippen LogP contribution is -2.12. The Labute approximate surface area is 89.4 Å². The fraction of sp³-hybridized carbons (Fsp3) is 0.222. The third-order valence-electron chi connectivity index (χ3n) is 1.73. The lowest BCUT2D eigenvalue weighted by molar-refractivity contribution is 0.405. The molecule has 0 unspecified atom stereocenters. The van der Waals surface area contributed by atoms with Gasteiger partial charge in [0.15, 0.2) is 4.67 Å². The molecule has 14 heavy (non-hydrogen) atoms. The van der Waals surface area contributed by atoms with E-state index in [2.05, 4.69) is 26.4 Å². The number of furan rings is 1. The Balaban J connectivity index is 1.78. The maximum atomic E-state index is 5.31. The summed E-state index contributed by atoms with van der Waals surface area (Å²) in [7, 11) is 0. The van der Waals surface area contributed by atoms with E-state index in [1.807, 2.05) is 18.2 Å². The summed E-state index contributed by atoms with van der Waals surface area (Å²) in [5.41, 5.74) is 0.885. The highest BCUT2D eigenvalue weighted by Gasteiger charge is 1.99. The fourth-order valence-corrected chi connectivity index (χ4v) is 1.43. The molecular formula is C9H9BrN2O2. The average Bonchev–Trinajstić information content (AvgIpc) is 2.77. The lowest BCUT2D eigenvalue weighted by Gasteiger charge is -1.97. The van der Waals surface area contributed by atoms with Crippen LogP contribution in [0.25, 0.3) is 0 Å². The Kier molecular flexibility index (Phi) is 3.00. The van der Waals surface area contributed by atoms with Crippen molar-refractivity contribution in [3.8, 4) is 0 Å². The Morgan fingerprint density at radius 2 is 2.21 bits per heavy atom. The highest BCUT2D eigenvalue weighted by molar-refractivity contribution is 9.10. The molecule has 1 N–H and O–H groups in total. The number of nitrogens with one attached hydrogen (secondary N) is 1. The standard InChI is InChI=1S/C9H9BrN2O2/c10-9-2-1-8(14-9)6-11-5-7-3-4-13-12-7/h1-4,11H,5-6H2. The van der Waals surface area contributed by atoms with Crippen LogP contribution in [0.5, 0.6) is 0 Å². The zero-order valence-electron chi connectivity index (χ0n) is 7.37. The highest BCUT2D eigenvalue weighted by Crippen LogP contribution is 2.13. The lowest BCUT2D eigenvalue weighted by atomic mass is 10.4. The molecule has 0 aliphatic rings. The van der Waals surface area contributed by atoms with Gasteiger partial charge in [-0.3, -0.25) is 0 Å². The minimum atomic E-state index is 0.675. The first-order valence-electron chi connectivity index (χ1n) is 4.19. The van der Waals surface area contributed by atoms with Gasteiger partial charge in [0, 0.05) is 12.6 Å². The SMILES string of the molecule is Brc1ccc(CNCc2ccon2)o1. The quantitative estimate of drug-likeness (QED) is 0.913. The van der Waals surface area contributed by atoms with Crippen molar-refractivity contribution < 1.29 is 8.94 Å². The van der Waals surface area contributed by atoms with Crippen molar-refractivity contribution in [3.05, 3.63) is 40.6 Å². The van der Waals surface area contributed by atoms with E-state index in [-0.39, 0.29) is 0 Å². The van der Waals surface area contributed by atoms with E-state index in [1.165, 1.54) is 0 Å². The Hall–Kier alpha value is -1.07. The number of aromatic nitrogens is 1. The van der Waals surface area contributed by atoms with E-state index in [1.54, 1.807) is 6.26 Å². The summed E-state index contributed by atoms with van der Waals surface area (Å²) in [4.78, 5) is 0. The topological polar surface area (TPSA) is 51.2 Å². The van der Waals surface area contributed by atoms with E-state index >= 15 is 0 Å². The minimum absolute atomic E-state index is 0.675. The van der Waals surface area contributed by atoms with Crippen LogP contribution in [0.1, 0.15) is 11.5 Å². The third-order valence-corrected chi connectivity index (χ3v) is 2.15. The van der Waals surface area contributed by atoms with Gasteiger partial charge in [0.25, 0.3) is 0 Å². The average molecular weight is 257 g/mol. The van der Waals surface area contributed by atoms with Gasteiger partial charge in [-0.05, 0) is 28.1 Å². The van der Waals surface area contributed by atoms with Crippen LogP contribution in [0.3, 0.4) is 0 Å². The Morgan fingerprint density at radius 1 is 1.29 bits per heavy atom. The highest BCUT2D eigenvalue weighted by atomic mass is 79.9. The van der Waals surface area contributed by atoms with Crippen molar-refractivity contribution in [2.45, 2.75) is 13.1 Å². The molecule has 2 aromatic rings. The molecule has 0 spiro atoms. The monoisotopic (exact) mass is 256 g/mol. The van der Waals surface area contributed by atoms with Gasteiger partial charge in [-0.25, -0.2) is 0 Å². The van der Waals surface area contributed by atoms with Crippen LogP contribution in [-0.2, 0) is 13.1 Å². The number of hydrogen-bond donors (Lipinski definition) is 1. The molecule has 0 bridgehead atoms. The van der Waals surface area contributed by atoms with Crippen LogP contribution >= 0.6 is 15.9 Å². The number of halogens is 1. The molecule has 74 valence electrons. The normalized spacial score (nSPS) is 10.6. The van der Waals surface area contributed by atoms with Crippen molar-refractivity contribution >= 4 is 15.9 Å². The van der Waals surface area contributed by atoms with Crippen molar-refractivity contribution in [1.82, 2.24) is 10.5 Å². The Morgan fingerprint density at radius 3 is 2.86 bits per heavy atom. The summed E-state index contributed by atoms with van der Waals surface area (Å²) in [5, 5.41) is 6.96. The van der Waals surface area contributed by atoms with Gasteiger partial charge >= 0.3 is 0 Å². The van der Waals surface area contributed by atoms with Gasteiger partial charge in [0.1, 0.15) is 12.0 Å². The van der Waals surface area contributed by atoms with E-state index in [0.29, 0.717) is 13.1 Å². The fourth-order valence-electron chi connectivity index (χ4n) is 1.09. The second-order valence-electron chi connectivity index (χ2n) is 2.80. The van der Waals surface area contributed by atoms with Gasteiger partial charge in [-0.1, -0.05) is 5.16 Å². The zero-order valence-corrected chi connectivity index (χ0v) is 8.95. The molecule has 0 aliphatic carbocycles. The van der Waals surface area contributed by atoms with Crippen LogP contribution < -0.4 is 5.32 Å². The van der Waals surface area contributed by atoms with Gasteiger partial charge in [0.05, 0.1) is 12.2 Å².